The monoisotopic (exact) mass is 304 g/mol. The molecule has 2 N–H and O–H groups in total. The molecule has 1 amide bonds. The molecular weight excluding hydrogens is 284 g/mol. The zero-order valence-electron chi connectivity index (χ0n) is 12.5. The molecule has 5 heteroatoms. The highest BCUT2D eigenvalue weighted by Gasteiger charge is 2.17. The number of anilines is 2. The van der Waals surface area contributed by atoms with Crippen molar-refractivity contribution in [3.05, 3.63) is 46.7 Å². The van der Waals surface area contributed by atoms with E-state index in [9.17, 15) is 4.79 Å². The fraction of sp³-hybridized carbons (Fsp3) is 0.312. The van der Waals surface area contributed by atoms with Crippen molar-refractivity contribution in [2.24, 2.45) is 0 Å². The first-order chi connectivity index (χ1) is 9.94. The van der Waals surface area contributed by atoms with Gasteiger partial charge in [-0.3, -0.25) is 5.32 Å². The van der Waals surface area contributed by atoms with E-state index < -0.39 is 11.7 Å². The predicted octanol–water partition coefficient (Wildman–Crippen LogP) is 4.71. The lowest BCUT2D eigenvalue weighted by Crippen LogP contribution is -2.27. The Kier molecular flexibility index (Phi) is 4.85. The van der Waals surface area contributed by atoms with Gasteiger partial charge in [-0.25, -0.2) is 4.79 Å². The van der Waals surface area contributed by atoms with Gasteiger partial charge in [0.25, 0.3) is 0 Å². The second-order valence-corrected chi connectivity index (χ2v) is 6.64. The molecule has 0 saturated heterocycles. The minimum atomic E-state index is -0.510. The number of hydrogen-bond acceptors (Lipinski definition) is 4. The normalized spacial score (nSPS) is 11.0. The lowest BCUT2D eigenvalue weighted by atomic mass is 10.2. The van der Waals surface area contributed by atoms with E-state index in [0.717, 1.165) is 12.2 Å². The van der Waals surface area contributed by atoms with Crippen LogP contribution in [-0.4, -0.2) is 11.7 Å². The number of thiophene rings is 1. The topological polar surface area (TPSA) is 50.4 Å². The number of hydrogen-bond donors (Lipinski definition) is 2. The average molecular weight is 304 g/mol. The number of carbonyl (C=O) groups is 1. The number of nitrogens with one attached hydrogen (secondary N) is 2. The van der Waals surface area contributed by atoms with Gasteiger partial charge in [-0.05, 0) is 44.4 Å². The molecule has 0 bridgehead atoms. The minimum Gasteiger partial charge on any atom is -0.444 e. The van der Waals surface area contributed by atoms with Crippen LogP contribution in [0.5, 0.6) is 0 Å². The fourth-order valence-corrected chi connectivity index (χ4v) is 2.40. The summed E-state index contributed by atoms with van der Waals surface area (Å²) in [5, 5.41) is 8.14. The molecule has 0 fully saturated rings. The Hall–Kier alpha value is -2.01. The van der Waals surface area contributed by atoms with E-state index in [1.807, 2.05) is 56.5 Å². The molecule has 0 spiro atoms. The van der Waals surface area contributed by atoms with Crippen molar-refractivity contribution in [2.75, 3.05) is 10.6 Å². The van der Waals surface area contributed by atoms with Gasteiger partial charge in [-0.1, -0.05) is 18.2 Å². The van der Waals surface area contributed by atoms with Crippen LogP contribution in [0.1, 0.15) is 25.6 Å². The van der Waals surface area contributed by atoms with Crippen molar-refractivity contribution in [3.8, 4) is 0 Å². The van der Waals surface area contributed by atoms with E-state index in [1.165, 1.54) is 4.88 Å². The van der Waals surface area contributed by atoms with Crippen molar-refractivity contribution in [2.45, 2.75) is 32.9 Å². The molecule has 1 aromatic heterocycles. The second kappa shape index (κ2) is 6.63. The number of amides is 1. The molecule has 0 aliphatic heterocycles. The third-order valence-corrected chi connectivity index (χ3v) is 3.47. The quantitative estimate of drug-likeness (QED) is 0.860. The summed E-state index contributed by atoms with van der Waals surface area (Å²) in [7, 11) is 0. The summed E-state index contributed by atoms with van der Waals surface area (Å²) in [4.78, 5) is 13.1. The minimum absolute atomic E-state index is 0.451. The molecule has 1 heterocycles. The highest BCUT2D eigenvalue weighted by Crippen LogP contribution is 2.23. The summed E-state index contributed by atoms with van der Waals surface area (Å²) < 4.78 is 5.27. The molecule has 112 valence electrons. The molecule has 2 aromatic rings. The number of ether oxygens (including phenoxy) is 1. The van der Waals surface area contributed by atoms with Crippen molar-refractivity contribution in [1.82, 2.24) is 0 Å². The standard InChI is InChI=1S/C16H20N2O2S/c1-16(2,3)20-15(19)18-14-9-5-4-8-13(14)17-11-12-7-6-10-21-12/h4-10,17H,11H2,1-3H3,(H,18,19). The summed E-state index contributed by atoms with van der Waals surface area (Å²) in [5.74, 6) is 0. The zero-order valence-corrected chi connectivity index (χ0v) is 13.3. The van der Waals surface area contributed by atoms with E-state index in [2.05, 4.69) is 16.7 Å². The molecule has 21 heavy (non-hydrogen) atoms. The van der Waals surface area contributed by atoms with Crippen molar-refractivity contribution < 1.29 is 9.53 Å². The molecule has 0 aliphatic rings. The summed E-state index contributed by atoms with van der Waals surface area (Å²) in [6.07, 6.45) is -0.451. The average Bonchev–Trinajstić information content (AvgIpc) is 2.88. The summed E-state index contributed by atoms with van der Waals surface area (Å²) in [5.41, 5.74) is 1.07. The highest BCUT2D eigenvalue weighted by molar-refractivity contribution is 7.09. The highest BCUT2D eigenvalue weighted by atomic mass is 32.1. The lowest BCUT2D eigenvalue weighted by Gasteiger charge is -2.20. The summed E-state index contributed by atoms with van der Waals surface area (Å²) in [6.45, 7) is 6.25. The van der Waals surface area contributed by atoms with Crippen molar-refractivity contribution in [3.63, 3.8) is 0 Å². The van der Waals surface area contributed by atoms with Crippen LogP contribution in [0.3, 0.4) is 0 Å². The number of benzene rings is 1. The fourth-order valence-electron chi connectivity index (χ4n) is 1.76. The molecule has 0 aliphatic carbocycles. The second-order valence-electron chi connectivity index (χ2n) is 5.61. The first-order valence-corrected chi connectivity index (χ1v) is 7.67. The molecule has 0 saturated carbocycles. The van der Waals surface area contributed by atoms with Crippen LogP contribution in [0.15, 0.2) is 41.8 Å². The van der Waals surface area contributed by atoms with Gasteiger partial charge in [-0.2, -0.15) is 0 Å². The van der Waals surface area contributed by atoms with Gasteiger partial charge in [0.2, 0.25) is 0 Å². The molecule has 1 aromatic carbocycles. The Bertz CT molecular complexity index is 589. The van der Waals surface area contributed by atoms with Crippen LogP contribution in [0, 0.1) is 0 Å². The Morgan fingerprint density at radius 2 is 1.86 bits per heavy atom. The van der Waals surface area contributed by atoms with Gasteiger partial charge < -0.3 is 10.1 Å². The molecule has 2 rings (SSSR count). The number of para-hydroxylation sites is 2. The number of rotatable bonds is 4. The van der Waals surface area contributed by atoms with Gasteiger partial charge in [-0.15, -0.1) is 11.3 Å². The molecular formula is C16H20N2O2S. The maximum absolute atomic E-state index is 11.9. The van der Waals surface area contributed by atoms with Gasteiger partial charge in [0.05, 0.1) is 11.4 Å². The Labute approximate surface area is 129 Å². The van der Waals surface area contributed by atoms with E-state index in [1.54, 1.807) is 11.3 Å². The Morgan fingerprint density at radius 3 is 2.48 bits per heavy atom. The van der Waals surface area contributed by atoms with Gasteiger partial charge in [0.15, 0.2) is 0 Å². The van der Waals surface area contributed by atoms with E-state index >= 15 is 0 Å². The molecule has 4 nitrogen and oxygen atoms in total. The number of carbonyl (C=O) groups excluding carboxylic acids is 1. The van der Waals surface area contributed by atoms with Crippen molar-refractivity contribution >= 4 is 28.8 Å². The first kappa shape index (κ1) is 15.4. The smallest absolute Gasteiger partial charge is 0.412 e. The first-order valence-electron chi connectivity index (χ1n) is 6.79. The maximum atomic E-state index is 11.9. The van der Waals surface area contributed by atoms with Gasteiger partial charge in [0, 0.05) is 11.4 Å². The molecule has 0 radical (unpaired) electrons. The van der Waals surface area contributed by atoms with Crippen molar-refractivity contribution in [1.29, 1.82) is 0 Å². The third-order valence-electron chi connectivity index (χ3n) is 2.60. The van der Waals surface area contributed by atoms with Crippen LogP contribution in [0.4, 0.5) is 16.2 Å². The molecule has 0 unspecified atom stereocenters. The van der Waals surface area contributed by atoms with Gasteiger partial charge >= 0.3 is 6.09 Å². The van der Waals surface area contributed by atoms with Crippen LogP contribution < -0.4 is 10.6 Å². The molecule has 0 atom stereocenters. The van der Waals surface area contributed by atoms with Crippen LogP contribution in [-0.2, 0) is 11.3 Å². The van der Waals surface area contributed by atoms with Gasteiger partial charge in [0.1, 0.15) is 5.60 Å². The van der Waals surface area contributed by atoms with E-state index in [0.29, 0.717) is 5.69 Å². The Balaban J connectivity index is 2.01. The lowest BCUT2D eigenvalue weighted by molar-refractivity contribution is 0.0636. The SMILES string of the molecule is CC(C)(C)OC(=O)Nc1ccccc1NCc1cccs1. The van der Waals surface area contributed by atoms with Crippen LogP contribution in [0.2, 0.25) is 0 Å². The third kappa shape index (κ3) is 5.11. The maximum Gasteiger partial charge on any atom is 0.412 e. The zero-order chi connectivity index (χ0) is 15.3. The van der Waals surface area contributed by atoms with Crippen LogP contribution >= 0.6 is 11.3 Å². The van der Waals surface area contributed by atoms with E-state index in [4.69, 9.17) is 4.74 Å². The Morgan fingerprint density at radius 1 is 1.14 bits per heavy atom. The largest absolute Gasteiger partial charge is 0.444 e. The summed E-state index contributed by atoms with van der Waals surface area (Å²) in [6, 6.07) is 11.7. The summed E-state index contributed by atoms with van der Waals surface area (Å²) >= 11 is 1.70. The van der Waals surface area contributed by atoms with Crippen LogP contribution in [0.25, 0.3) is 0 Å². The van der Waals surface area contributed by atoms with E-state index in [-0.39, 0.29) is 0 Å². The predicted molar refractivity (Wildman–Crippen MR) is 87.9 cm³/mol.